The number of hydrogen-bond acceptors (Lipinski definition) is 3. The van der Waals surface area contributed by atoms with E-state index in [-0.39, 0.29) is 5.91 Å². The standard InChI is InChI=1S/C11H13NO3/c13-10-5-4-9(8-15-10)11(14)12-6-2-1-3-7-12/h4-5,8H,1-3,6-7H2. The first kappa shape index (κ1) is 9.96. The fourth-order valence-electron chi connectivity index (χ4n) is 1.76. The Hall–Kier alpha value is -1.58. The van der Waals surface area contributed by atoms with E-state index in [0.717, 1.165) is 25.9 Å². The van der Waals surface area contributed by atoms with Gasteiger partial charge in [0.05, 0.1) is 5.56 Å². The van der Waals surface area contributed by atoms with Gasteiger partial charge < -0.3 is 9.32 Å². The molecule has 1 saturated heterocycles. The highest BCUT2D eigenvalue weighted by molar-refractivity contribution is 5.93. The van der Waals surface area contributed by atoms with Crippen molar-refractivity contribution in [2.24, 2.45) is 0 Å². The van der Waals surface area contributed by atoms with Crippen LogP contribution < -0.4 is 5.63 Å². The van der Waals surface area contributed by atoms with Crippen molar-refractivity contribution in [1.29, 1.82) is 0 Å². The van der Waals surface area contributed by atoms with Crippen LogP contribution in [0.5, 0.6) is 0 Å². The summed E-state index contributed by atoms with van der Waals surface area (Å²) in [6.45, 7) is 1.61. The Balaban J connectivity index is 2.12. The van der Waals surface area contributed by atoms with Gasteiger partial charge in [0.1, 0.15) is 6.26 Å². The maximum atomic E-state index is 11.9. The van der Waals surface area contributed by atoms with Crippen LogP contribution in [0, 0.1) is 0 Å². The third kappa shape index (κ3) is 2.26. The van der Waals surface area contributed by atoms with Crippen LogP contribution in [0.2, 0.25) is 0 Å². The number of carbonyl (C=O) groups is 1. The van der Waals surface area contributed by atoms with E-state index in [4.69, 9.17) is 0 Å². The van der Waals surface area contributed by atoms with Crippen LogP contribution in [0.15, 0.2) is 27.6 Å². The number of likely N-dealkylation sites (tertiary alicyclic amines) is 1. The van der Waals surface area contributed by atoms with E-state index >= 15 is 0 Å². The lowest BCUT2D eigenvalue weighted by Gasteiger charge is -2.26. The summed E-state index contributed by atoms with van der Waals surface area (Å²) in [5.74, 6) is -0.0431. The van der Waals surface area contributed by atoms with Gasteiger partial charge in [-0.25, -0.2) is 4.79 Å². The van der Waals surface area contributed by atoms with E-state index < -0.39 is 5.63 Å². The fraction of sp³-hybridized carbons (Fsp3) is 0.455. The van der Waals surface area contributed by atoms with Crippen LogP contribution in [-0.4, -0.2) is 23.9 Å². The first-order valence-electron chi connectivity index (χ1n) is 5.15. The predicted molar refractivity (Wildman–Crippen MR) is 54.7 cm³/mol. The molecule has 4 nitrogen and oxygen atoms in total. The summed E-state index contributed by atoms with van der Waals surface area (Å²) in [5.41, 5.74) is 0.0293. The molecule has 1 fully saturated rings. The van der Waals surface area contributed by atoms with Crippen molar-refractivity contribution in [1.82, 2.24) is 4.90 Å². The van der Waals surface area contributed by atoms with Gasteiger partial charge in [-0.15, -0.1) is 0 Å². The van der Waals surface area contributed by atoms with E-state index in [2.05, 4.69) is 4.42 Å². The molecule has 2 heterocycles. The number of nitrogens with zero attached hydrogens (tertiary/aromatic N) is 1. The Morgan fingerprint density at radius 2 is 1.93 bits per heavy atom. The minimum atomic E-state index is -0.426. The van der Waals surface area contributed by atoms with Gasteiger partial charge >= 0.3 is 5.63 Å². The summed E-state index contributed by atoms with van der Waals surface area (Å²) >= 11 is 0. The zero-order valence-corrected chi connectivity index (χ0v) is 8.44. The van der Waals surface area contributed by atoms with E-state index in [1.807, 2.05) is 0 Å². The molecule has 0 aromatic carbocycles. The smallest absolute Gasteiger partial charge is 0.335 e. The van der Waals surface area contributed by atoms with Gasteiger partial charge in [-0.3, -0.25) is 4.79 Å². The molecule has 0 saturated carbocycles. The third-order valence-electron chi connectivity index (χ3n) is 2.59. The molecule has 1 amide bonds. The molecule has 80 valence electrons. The van der Waals surface area contributed by atoms with Crippen molar-refractivity contribution in [3.8, 4) is 0 Å². The van der Waals surface area contributed by atoms with Gasteiger partial charge in [-0.1, -0.05) is 0 Å². The number of hydrogen-bond donors (Lipinski definition) is 0. The Morgan fingerprint density at radius 3 is 2.53 bits per heavy atom. The molecular formula is C11H13NO3. The summed E-state index contributed by atoms with van der Waals surface area (Å²) < 4.78 is 4.67. The van der Waals surface area contributed by atoms with E-state index in [1.54, 1.807) is 4.90 Å². The van der Waals surface area contributed by atoms with Gasteiger partial charge in [0.15, 0.2) is 0 Å². The lowest BCUT2D eigenvalue weighted by atomic mass is 10.1. The Labute approximate surface area is 87.5 Å². The number of carbonyl (C=O) groups excluding carboxylic acids is 1. The number of piperidine rings is 1. The molecule has 1 aromatic rings. The Morgan fingerprint density at radius 1 is 1.20 bits per heavy atom. The molecule has 0 spiro atoms. The van der Waals surface area contributed by atoms with Crippen molar-refractivity contribution >= 4 is 5.91 Å². The SMILES string of the molecule is O=C(c1ccc(=O)oc1)N1CCCCC1. The fourth-order valence-corrected chi connectivity index (χ4v) is 1.76. The van der Waals surface area contributed by atoms with Gasteiger partial charge in [-0.2, -0.15) is 0 Å². The Kier molecular flexibility index (Phi) is 2.85. The van der Waals surface area contributed by atoms with Crippen molar-refractivity contribution < 1.29 is 9.21 Å². The van der Waals surface area contributed by atoms with Gasteiger partial charge in [0.25, 0.3) is 5.91 Å². The van der Waals surface area contributed by atoms with Crippen molar-refractivity contribution in [3.63, 3.8) is 0 Å². The molecule has 1 aromatic heterocycles. The maximum Gasteiger partial charge on any atom is 0.335 e. The molecule has 0 radical (unpaired) electrons. The summed E-state index contributed by atoms with van der Waals surface area (Å²) in [4.78, 5) is 24.4. The predicted octanol–water partition coefficient (Wildman–Crippen LogP) is 1.27. The van der Waals surface area contributed by atoms with Crippen LogP contribution >= 0.6 is 0 Å². The second-order valence-corrected chi connectivity index (χ2v) is 3.70. The number of amides is 1. The first-order valence-corrected chi connectivity index (χ1v) is 5.15. The zero-order chi connectivity index (χ0) is 10.7. The molecule has 0 bridgehead atoms. The van der Waals surface area contributed by atoms with Crippen molar-refractivity contribution in [3.05, 3.63) is 34.4 Å². The van der Waals surface area contributed by atoms with Gasteiger partial charge in [0.2, 0.25) is 0 Å². The van der Waals surface area contributed by atoms with Crippen LogP contribution in [0.3, 0.4) is 0 Å². The number of rotatable bonds is 1. The van der Waals surface area contributed by atoms with Crippen LogP contribution in [0.1, 0.15) is 29.6 Å². The van der Waals surface area contributed by atoms with E-state index in [9.17, 15) is 9.59 Å². The zero-order valence-electron chi connectivity index (χ0n) is 8.44. The van der Waals surface area contributed by atoms with Crippen molar-refractivity contribution in [2.45, 2.75) is 19.3 Å². The quantitative estimate of drug-likeness (QED) is 0.696. The highest BCUT2D eigenvalue weighted by atomic mass is 16.4. The second kappa shape index (κ2) is 4.29. The average Bonchev–Trinajstić information content (AvgIpc) is 2.30. The molecule has 2 rings (SSSR count). The van der Waals surface area contributed by atoms with Crippen molar-refractivity contribution in [2.75, 3.05) is 13.1 Å². The summed E-state index contributed by atoms with van der Waals surface area (Å²) in [5, 5.41) is 0. The lowest BCUT2D eigenvalue weighted by Crippen LogP contribution is -2.35. The van der Waals surface area contributed by atoms with Crippen LogP contribution in [0.25, 0.3) is 0 Å². The van der Waals surface area contributed by atoms with E-state index in [0.29, 0.717) is 5.56 Å². The summed E-state index contributed by atoms with van der Waals surface area (Å²) in [6.07, 6.45) is 4.54. The molecule has 15 heavy (non-hydrogen) atoms. The topological polar surface area (TPSA) is 50.5 Å². The van der Waals surface area contributed by atoms with Crippen LogP contribution in [0.4, 0.5) is 0 Å². The molecule has 0 atom stereocenters. The summed E-state index contributed by atoms with van der Waals surface area (Å²) in [7, 11) is 0. The maximum absolute atomic E-state index is 11.9. The normalized spacial score (nSPS) is 16.4. The monoisotopic (exact) mass is 207 g/mol. The first-order chi connectivity index (χ1) is 7.27. The average molecular weight is 207 g/mol. The second-order valence-electron chi connectivity index (χ2n) is 3.70. The highest BCUT2D eigenvalue weighted by Gasteiger charge is 2.18. The molecular weight excluding hydrogens is 194 g/mol. The highest BCUT2D eigenvalue weighted by Crippen LogP contribution is 2.12. The third-order valence-corrected chi connectivity index (χ3v) is 2.59. The lowest BCUT2D eigenvalue weighted by molar-refractivity contribution is 0.0721. The molecule has 4 heteroatoms. The van der Waals surface area contributed by atoms with Gasteiger partial charge in [0, 0.05) is 19.2 Å². The Bertz CT molecular complexity index is 384. The van der Waals surface area contributed by atoms with Crippen LogP contribution in [-0.2, 0) is 0 Å². The molecule has 1 aliphatic rings. The molecule has 0 unspecified atom stereocenters. The molecule has 0 aliphatic carbocycles. The van der Waals surface area contributed by atoms with Gasteiger partial charge in [-0.05, 0) is 25.3 Å². The van der Waals surface area contributed by atoms with E-state index in [1.165, 1.54) is 24.8 Å². The largest absolute Gasteiger partial charge is 0.430 e. The minimum Gasteiger partial charge on any atom is -0.430 e. The molecule has 1 aliphatic heterocycles. The minimum absolute atomic E-state index is 0.0431. The summed E-state index contributed by atoms with van der Waals surface area (Å²) in [6, 6.07) is 2.79. The molecule has 0 N–H and O–H groups in total.